The van der Waals surface area contributed by atoms with Gasteiger partial charge in [-0.05, 0) is 30.2 Å². The maximum Gasteiger partial charge on any atom is 0.573 e. The molecule has 1 atom stereocenters. The smallest absolute Gasteiger partial charge is 0.406 e. The molecule has 1 unspecified atom stereocenters. The zero-order chi connectivity index (χ0) is 11.8. The van der Waals surface area contributed by atoms with Crippen molar-refractivity contribution < 1.29 is 17.9 Å². The second-order valence-electron chi connectivity index (χ2n) is 3.56. The third-order valence-electron chi connectivity index (χ3n) is 2.47. The average molecular weight is 229 g/mol. The minimum Gasteiger partial charge on any atom is -0.406 e. The van der Waals surface area contributed by atoms with E-state index in [1.807, 2.05) is 6.92 Å². The van der Waals surface area contributed by atoms with Crippen LogP contribution in [0.1, 0.15) is 24.8 Å². The molecular weight excluding hydrogens is 219 g/mol. The fourth-order valence-electron chi connectivity index (χ4n) is 1.72. The molecule has 1 aliphatic heterocycles. The number of hydrogen-bond donors (Lipinski definition) is 0. The highest BCUT2D eigenvalue weighted by atomic mass is 19.4. The summed E-state index contributed by atoms with van der Waals surface area (Å²) in [7, 11) is 0. The summed E-state index contributed by atoms with van der Waals surface area (Å²) in [4.78, 5) is 4.13. The van der Waals surface area contributed by atoms with Crippen LogP contribution in [0.2, 0.25) is 0 Å². The molecular formula is C11H10F3NO. The fourth-order valence-corrected chi connectivity index (χ4v) is 1.72. The van der Waals surface area contributed by atoms with Crippen molar-refractivity contribution in [1.82, 2.24) is 0 Å². The number of benzene rings is 1. The van der Waals surface area contributed by atoms with E-state index in [4.69, 9.17) is 0 Å². The zero-order valence-corrected chi connectivity index (χ0v) is 8.58. The Morgan fingerprint density at radius 1 is 1.38 bits per heavy atom. The van der Waals surface area contributed by atoms with Crippen LogP contribution in [0.15, 0.2) is 23.2 Å². The molecule has 0 saturated heterocycles. The van der Waals surface area contributed by atoms with Crippen LogP contribution in [0, 0.1) is 0 Å². The van der Waals surface area contributed by atoms with Crippen LogP contribution in [0.25, 0.3) is 0 Å². The van der Waals surface area contributed by atoms with Gasteiger partial charge in [0.05, 0.1) is 5.69 Å². The van der Waals surface area contributed by atoms with Gasteiger partial charge in [0.1, 0.15) is 5.75 Å². The number of nitrogens with zero attached hydrogens (tertiary/aromatic N) is 1. The Bertz CT molecular complexity index is 426. The molecule has 1 aromatic carbocycles. The van der Waals surface area contributed by atoms with Crippen molar-refractivity contribution in [3.8, 4) is 5.75 Å². The second-order valence-corrected chi connectivity index (χ2v) is 3.56. The lowest BCUT2D eigenvalue weighted by Crippen LogP contribution is -2.17. The van der Waals surface area contributed by atoms with Crippen molar-refractivity contribution in [1.29, 1.82) is 0 Å². The van der Waals surface area contributed by atoms with Crippen LogP contribution in [0.3, 0.4) is 0 Å². The van der Waals surface area contributed by atoms with E-state index in [-0.39, 0.29) is 11.7 Å². The minimum atomic E-state index is -4.64. The Balaban J connectivity index is 2.27. The Kier molecular flexibility index (Phi) is 2.61. The summed E-state index contributed by atoms with van der Waals surface area (Å²) in [6.07, 6.45) is -2.08. The van der Waals surface area contributed by atoms with Crippen LogP contribution in [0.4, 0.5) is 18.9 Å². The molecule has 0 amide bonds. The SMILES string of the molecule is CCC1C=Nc2ccc(OC(F)(F)F)cc21. The first-order valence-electron chi connectivity index (χ1n) is 4.93. The lowest BCUT2D eigenvalue weighted by Gasteiger charge is -2.11. The normalized spacial score (nSPS) is 18.6. The van der Waals surface area contributed by atoms with E-state index in [0.717, 1.165) is 17.7 Å². The van der Waals surface area contributed by atoms with Crippen molar-refractivity contribution in [3.05, 3.63) is 23.8 Å². The van der Waals surface area contributed by atoms with E-state index in [9.17, 15) is 13.2 Å². The summed E-state index contributed by atoms with van der Waals surface area (Å²) < 4.78 is 39.9. The van der Waals surface area contributed by atoms with Gasteiger partial charge in [0, 0.05) is 12.1 Å². The molecule has 0 fully saturated rings. The Morgan fingerprint density at radius 2 is 2.12 bits per heavy atom. The number of aliphatic imine (C=N–C) groups is 1. The van der Waals surface area contributed by atoms with Gasteiger partial charge in [0.2, 0.25) is 0 Å². The van der Waals surface area contributed by atoms with Crippen molar-refractivity contribution in [2.45, 2.75) is 25.6 Å². The first kappa shape index (κ1) is 11.0. The summed E-state index contributed by atoms with van der Waals surface area (Å²) in [6, 6.07) is 4.23. The minimum absolute atomic E-state index is 0.0896. The monoisotopic (exact) mass is 229 g/mol. The maximum atomic E-state index is 12.0. The van der Waals surface area contributed by atoms with Crippen molar-refractivity contribution in [3.63, 3.8) is 0 Å². The van der Waals surface area contributed by atoms with Crippen molar-refractivity contribution >= 4 is 11.9 Å². The summed E-state index contributed by atoms with van der Waals surface area (Å²) in [6.45, 7) is 1.96. The molecule has 0 spiro atoms. The molecule has 0 saturated carbocycles. The summed E-state index contributed by atoms with van der Waals surface area (Å²) in [5.41, 5.74) is 1.52. The van der Waals surface area contributed by atoms with Crippen LogP contribution in [-0.4, -0.2) is 12.6 Å². The van der Waals surface area contributed by atoms with E-state index in [1.54, 1.807) is 12.3 Å². The molecule has 0 radical (unpaired) electrons. The fraction of sp³-hybridized carbons (Fsp3) is 0.364. The van der Waals surface area contributed by atoms with E-state index < -0.39 is 6.36 Å². The molecule has 5 heteroatoms. The topological polar surface area (TPSA) is 21.6 Å². The lowest BCUT2D eigenvalue weighted by atomic mass is 9.98. The van der Waals surface area contributed by atoms with Crippen LogP contribution in [-0.2, 0) is 0 Å². The van der Waals surface area contributed by atoms with Gasteiger partial charge >= 0.3 is 6.36 Å². The predicted octanol–water partition coefficient (Wildman–Crippen LogP) is 3.79. The zero-order valence-electron chi connectivity index (χ0n) is 8.58. The lowest BCUT2D eigenvalue weighted by molar-refractivity contribution is -0.274. The van der Waals surface area contributed by atoms with Gasteiger partial charge in [-0.25, -0.2) is 0 Å². The van der Waals surface area contributed by atoms with Crippen LogP contribution < -0.4 is 4.74 Å². The Morgan fingerprint density at radius 3 is 2.75 bits per heavy atom. The quantitative estimate of drug-likeness (QED) is 0.755. The first-order valence-corrected chi connectivity index (χ1v) is 4.93. The van der Waals surface area contributed by atoms with E-state index in [0.29, 0.717) is 0 Å². The standard InChI is InChI=1S/C11H10F3NO/c1-2-7-6-15-10-4-3-8(5-9(7)10)16-11(12,13)14/h3-7H,2H2,1H3. The molecule has 1 heterocycles. The van der Waals surface area contributed by atoms with Gasteiger partial charge in [0.25, 0.3) is 0 Å². The van der Waals surface area contributed by atoms with Gasteiger partial charge in [-0.1, -0.05) is 6.92 Å². The third kappa shape index (κ3) is 2.18. The van der Waals surface area contributed by atoms with E-state index in [1.165, 1.54) is 12.1 Å². The molecule has 1 aliphatic rings. The summed E-state index contributed by atoms with van der Waals surface area (Å²) >= 11 is 0. The van der Waals surface area contributed by atoms with Gasteiger partial charge in [-0.2, -0.15) is 0 Å². The average Bonchev–Trinajstić information content (AvgIpc) is 2.57. The highest BCUT2D eigenvalue weighted by Gasteiger charge is 2.31. The van der Waals surface area contributed by atoms with Crippen LogP contribution in [0.5, 0.6) is 5.75 Å². The highest BCUT2D eigenvalue weighted by molar-refractivity contribution is 5.81. The Labute approximate surface area is 90.8 Å². The third-order valence-corrected chi connectivity index (χ3v) is 2.47. The van der Waals surface area contributed by atoms with Gasteiger partial charge in [-0.15, -0.1) is 13.2 Å². The number of ether oxygens (including phenoxy) is 1. The number of alkyl halides is 3. The molecule has 86 valence electrons. The summed E-state index contributed by atoms with van der Waals surface area (Å²) in [5, 5.41) is 0. The molecule has 0 bridgehead atoms. The number of fused-ring (bicyclic) bond motifs is 1. The highest BCUT2D eigenvalue weighted by Crippen LogP contribution is 2.37. The number of rotatable bonds is 2. The number of halogens is 3. The van der Waals surface area contributed by atoms with Crippen molar-refractivity contribution in [2.24, 2.45) is 4.99 Å². The molecule has 2 nitrogen and oxygen atoms in total. The second kappa shape index (κ2) is 3.81. The molecule has 1 aromatic rings. The van der Waals surface area contributed by atoms with Gasteiger partial charge in [-0.3, -0.25) is 4.99 Å². The summed E-state index contributed by atoms with van der Waals surface area (Å²) in [5.74, 6) is -0.0954. The predicted molar refractivity (Wildman–Crippen MR) is 54.3 cm³/mol. The largest absolute Gasteiger partial charge is 0.573 e. The molecule has 2 rings (SSSR count). The van der Waals surface area contributed by atoms with Gasteiger partial charge in [0.15, 0.2) is 0 Å². The van der Waals surface area contributed by atoms with Crippen molar-refractivity contribution in [2.75, 3.05) is 0 Å². The van der Waals surface area contributed by atoms with E-state index >= 15 is 0 Å². The molecule has 16 heavy (non-hydrogen) atoms. The first-order chi connectivity index (χ1) is 7.49. The maximum absolute atomic E-state index is 12.0. The van der Waals surface area contributed by atoms with Crippen LogP contribution >= 0.6 is 0 Å². The van der Waals surface area contributed by atoms with E-state index in [2.05, 4.69) is 9.73 Å². The molecule has 0 N–H and O–H groups in total. The molecule has 0 aromatic heterocycles. The molecule has 0 aliphatic carbocycles. The number of hydrogen-bond acceptors (Lipinski definition) is 2. The Hall–Kier alpha value is -1.52. The van der Waals surface area contributed by atoms with Gasteiger partial charge < -0.3 is 4.74 Å².